The van der Waals surface area contributed by atoms with E-state index in [1.807, 2.05) is 38.2 Å². The van der Waals surface area contributed by atoms with E-state index >= 15 is 4.39 Å². The van der Waals surface area contributed by atoms with Crippen molar-refractivity contribution in [3.05, 3.63) is 71.4 Å². The Morgan fingerprint density at radius 1 is 1.00 bits per heavy atom. The minimum atomic E-state index is -2.49. The van der Waals surface area contributed by atoms with Crippen LogP contribution in [0.4, 0.5) is 4.39 Å². The zero-order valence-corrected chi connectivity index (χ0v) is 22.9. The van der Waals surface area contributed by atoms with Crippen LogP contribution in [-0.4, -0.2) is 57.7 Å². The van der Waals surface area contributed by atoms with Gasteiger partial charge in [0.05, 0.1) is 39.9 Å². The van der Waals surface area contributed by atoms with Crippen LogP contribution in [0.1, 0.15) is 39.9 Å². The minimum absolute atomic E-state index is 0.0324. The molecule has 6 aromatic rings. The van der Waals surface area contributed by atoms with E-state index in [2.05, 4.69) is 25.2 Å². The molecule has 0 saturated carbocycles. The lowest BCUT2D eigenvalue weighted by Gasteiger charge is -2.33. The zero-order chi connectivity index (χ0) is 30.7. The first-order valence-electron chi connectivity index (χ1n) is 15.0. The predicted octanol–water partition coefficient (Wildman–Crippen LogP) is 4.95. The van der Waals surface area contributed by atoms with Gasteiger partial charge in [0.2, 0.25) is 0 Å². The Balaban J connectivity index is 1.57. The SMILES string of the molecule is [2H]C([2H])([2H])c1nnn(C)c1-c1ccc2c3ncc(-c4c(C)nnn4C)cc3n([C@H](c3ccccc3F)C3CCOCC3)c2n1. The Hall–Kier alpha value is -4.51. The van der Waals surface area contributed by atoms with E-state index in [4.69, 9.17) is 18.8 Å². The molecule has 6 heterocycles. The molecular weight excluding hydrogens is 521 g/mol. The van der Waals surface area contributed by atoms with Crippen molar-refractivity contribution in [3.8, 4) is 22.6 Å². The fraction of sp³-hybridized carbons (Fsp3) is 0.333. The van der Waals surface area contributed by atoms with Gasteiger partial charge in [-0.15, -0.1) is 10.2 Å². The number of aryl methyl sites for hydroxylation is 4. The van der Waals surface area contributed by atoms with Crippen molar-refractivity contribution < 1.29 is 13.2 Å². The van der Waals surface area contributed by atoms with Gasteiger partial charge in [-0.05, 0) is 56.8 Å². The molecule has 1 aliphatic rings. The summed E-state index contributed by atoms with van der Waals surface area (Å²) in [7, 11) is 3.47. The number of nitrogens with zero attached hydrogens (tertiary/aromatic N) is 9. The van der Waals surface area contributed by atoms with Crippen molar-refractivity contribution in [2.24, 2.45) is 20.0 Å². The molecule has 41 heavy (non-hydrogen) atoms. The smallest absolute Gasteiger partial charge is 0.143 e. The third kappa shape index (κ3) is 4.10. The van der Waals surface area contributed by atoms with Crippen LogP contribution < -0.4 is 0 Å². The van der Waals surface area contributed by atoms with Gasteiger partial charge in [0, 0.05) is 54.1 Å². The van der Waals surface area contributed by atoms with Gasteiger partial charge in [0.25, 0.3) is 0 Å². The molecule has 11 heteroatoms. The first kappa shape index (κ1) is 22.2. The van der Waals surface area contributed by atoms with Crippen LogP contribution in [0.3, 0.4) is 0 Å². The lowest BCUT2D eigenvalue weighted by molar-refractivity contribution is 0.0548. The predicted molar refractivity (Wildman–Crippen MR) is 153 cm³/mol. The standard InChI is InChI=1S/C30H30FN9O/c1-17-27(38(3)36-34-17)20-15-25-26(32-16-20)22-9-10-24(28-18(2)35-37-39(28)4)33-30(22)40(25)29(19-11-13-41-14-12-19)21-7-5-6-8-23(21)31/h5-10,15-16,19,29H,11-14H2,1-4H3/t29-/m0/s1/i2D3. The molecule has 7 rings (SSSR count). The Morgan fingerprint density at radius 2 is 1.76 bits per heavy atom. The maximum Gasteiger partial charge on any atom is 0.143 e. The van der Waals surface area contributed by atoms with Gasteiger partial charge >= 0.3 is 0 Å². The van der Waals surface area contributed by atoms with E-state index in [1.165, 1.54) is 10.7 Å². The molecule has 208 valence electrons. The van der Waals surface area contributed by atoms with Crippen molar-refractivity contribution >= 4 is 22.1 Å². The van der Waals surface area contributed by atoms with Crippen LogP contribution >= 0.6 is 0 Å². The number of hydrogen-bond donors (Lipinski definition) is 0. The largest absolute Gasteiger partial charge is 0.381 e. The number of aromatic nitrogens is 9. The van der Waals surface area contributed by atoms with E-state index in [0.717, 1.165) is 40.7 Å². The molecule has 0 amide bonds. The molecule has 0 aliphatic carbocycles. The van der Waals surface area contributed by atoms with Crippen LogP contribution in [0, 0.1) is 25.5 Å². The van der Waals surface area contributed by atoms with Crippen LogP contribution in [0.5, 0.6) is 0 Å². The van der Waals surface area contributed by atoms with Crippen molar-refractivity contribution in [1.29, 1.82) is 0 Å². The number of halogens is 1. The molecule has 1 aliphatic heterocycles. The Morgan fingerprint density at radius 3 is 2.49 bits per heavy atom. The average Bonchev–Trinajstić information content (AvgIpc) is 3.66. The molecular formula is C30H30FN9O. The summed E-state index contributed by atoms with van der Waals surface area (Å²) in [5.41, 5.74) is 5.50. The maximum absolute atomic E-state index is 15.8. The topological polar surface area (TPSA) is 101 Å². The number of hydrogen-bond acceptors (Lipinski definition) is 7. The van der Waals surface area contributed by atoms with Gasteiger partial charge in [-0.2, -0.15) is 0 Å². The Labute approximate surface area is 240 Å². The first-order chi connectivity index (χ1) is 21.1. The molecule has 0 N–H and O–H groups in total. The van der Waals surface area contributed by atoms with Gasteiger partial charge in [-0.3, -0.25) is 4.98 Å². The summed E-state index contributed by atoms with van der Waals surface area (Å²) in [6.45, 7) is 0.537. The van der Waals surface area contributed by atoms with Gasteiger partial charge in [0.15, 0.2) is 0 Å². The summed E-state index contributed by atoms with van der Waals surface area (Å²) in [6, 6.07) is 12.1. The molecule has 1 atom stereocenters. The molecule has 1 fully saturated rings. The maximum atomic E-state index is 15.8. The van der Waals surface area contributed by atoms with E-state index < -0.39 is 12.9 Å². The highest BCUT2D eigenvalue weighted by Gasteiger charge is 2.33. The first-order valence-corrected chi connectivity index (χ1v) is 13.5. The van der Waals surface area contributed by atoms with Gasteiger partial charge in [-0.25, -0.2) is 18.7 Å². The van der Waals surface area contributed by atoms with Crippen molar-refractivity contribution in [1.82, 2.24) is 44.5 Å². The number of benzene rings is 1. The number of fused-ring (bicyclic) bond motifs is 3. The second-order valence-corrected chi connectivity index (χ2v) is 10.5. The third-order valence-corrected chi connectivity index (χ3v) is 8.04. The highest BCUT2D eigenvalue weighted by Crippen LogP contribution is 2.42. The van der Waals surface area contributed by atoms with Gasteiger partial charge < -0.3 is 9.30 Å². The van der Waals surface area contributed by atoms with E-state index in [9.17, 15) is 0 Å². The van der Waals surface area contributed by atoms with Crippen molar-refractivity contribution in [2.75, 3.05) is 13.2 Å². The van der Waals surface area contributed by atoms with Crippen LogP contribution in [-0.2, 0) is 18.8 Å². The molecule has 10 nitrogen and oxygen atoms in total. The third-order valence-electron chi connectivity index (χ3n) is 8.04. The van der Waals surface area contributed by atoms with E-state index in [1.54, 1.807) is 30.1 Å². The zero-order valence-electron chi connectivity index (χ0n) is 25.9. The normalized spacial score (nSPS) is 16.6. The Bertz CT molecular complexity index is 2000. The van der Waals surface area contributed by atoms with Crippen molar-refractivity contribution in [3.63, 3.8) is 0 Å². The van der Waals surface area contributed by atoms with Crippen LogP contribution in [0.25, 0.3) is 44.7 Å². The summed E-state index contributed by atoms with van der Waals surface area (Å²) >= 11 is 0. The van der Waals surface area contributed by atoms with Crippen LogP contribution in [0.15, 0.2) is 48.7 Å². The average molecular weight is 555 g/mol. The highest BCUT2D eigenvalue weighted by atomic mass is 19.1. The molecule has 1 saturated heterocycles. The molecule has 0 bridgehead atoms. The molecule has 5 aromatic heterocycles. The van der Waals surface area contributed by atoms with E-state index in [0.29, 0.717) is 41.3 Å². The summed E-state index contributed by atoms with van der Waals surface area (Å²) in [6.07, 6.45) is 3.25. The highest BCUT2D eigenvalue weighted by molar-refractivity contribution is 6.06. The quantitative estimate of drug-likeness (QED) is 0.297. The summed E-state index contributed by atoms with van der Waals surface area (Å²) in [4.78, 5) is 9.99. The Kier molecular flexibility index (Phi) is 5.33. The number of pyridine rings is 2. The second kappa shape index (κ2) is 9.84. The molecule has 0 spiro atoms. The summed E-state index contributed by atoms with van der Waals surface area (Å²) in [5.74, 6) is -0.281. The fourth-order valence-corrected chi connectivity index (χ4v) is 6.17. The molecule has 0 radical (unpaired) electrons. The number of rotatable bonds is 5. The lowest BCUT2D eigenvalue weighted by Crippen LogP contribution is -2.27. The molecule has 1 aromatic carbocycles. The second-order valence-electron chi connectivity index (χ2n) is 10.5. The van der Waals surface area contributed by atoms with Gasteiger partial charge in [-0.1, -0.05) is 28.6 Å². The minimum Gasteiger partial charge on any atom is -0.381 e. The monoisotopic (exact) mass is 554 g/mol. The fourth-order valence-electron chi connectivity index (χ4n) is 6.17. The van der Waals surface area contributed by atoms with Gasteiger partial charge in [0.1, 0.15) is 17.2 Å². The summed E-state index contributed by atoms with van der Waals surface area (Å²) in [5, 5.41) is 17.1. The summed E-state index contributed by atoms with van der Waals surface area (Å²) < 4.78 is 50.8. The van der Waals surface area contributed by atoms with Crippen molar-refractivity contribution in [2.45, 2.75) is 32.7 Å². The number of ether oxygens (including phenoxy) is 1. The molecule has 0 unspecified atom stereocenters. The lowest BCUT2D eigenvalue weighted by atomic mass is 9.86. The van der Waals surface area contributed by atoms with E-state index in [-0.39, 0.29) is 17.4 Å². The van der Waals surface area contributed by atoms with Crippen LogP contribution in [0.2, 0.25) is 0 Å².